The molecule has 1 saturated heterocycles. The Kier molecular flexibility index (Phi) is 5.06. The highest BCUT2D eigenvalue weighted by atomic mass is 15.4. The Bertz CT molecular complexity index is 1040. The monoisotopic (exact) mass is 405 g/mol. The van der Waals surface area contributed by atoms with Gasteiger partial charge in [-0.05, 0) is 36.3 Å². The van der Waals surface area contributed by atoms with Crippen LogP contribution in [0.1, 0.15) is 55.7 Å². The molecule has 0 amide bonds. The highest BCUT2D eigenvalue weighted by molar-refractivity contribution is 5.56. The van der Waals surface area contributed by atoms with Crippen molar-refractivity contribution in [3.63, 3.8) is 0 Å². The summed E-state index contributed by atoms with van der Waals surface area (Å²) in [4.78, 5) is 9.65. The Morgan fingerprint density at radius 3 is 2.60 bits per heavy atom. The molecule has 0 atom stereocenters. The molecule has 0 unspecified atom stereocenters. The molecule has 4 heterocycles. The molecule has 1 aromatic carbocycles. The predicted octanol–water partition coefficient (Wildman–Crippen LogP) is 3.59. The third-order valence-corrected chi connectivity index (χ3v) is 6.60. The van der Waals surface area contributed by atoms with E-state index in [1.165, 1.54) is 30.4 Å². The number of rotatable bonds is 1. The molecule has 1 fully saturated rings. The van der Waals surface area contributed by atoms with Crippen LogP contribution >= 0.6 is 0 Å². The minimum Gasteiger partial charge on any atom is -0.353 e. The van der Waals surface area contributed by atoms with Crippen molar-refractivity contribution in [3.8, 4) is 0 Å². The van der Waals surface area contributed by atoms with Gasteiger partial charge in [0.1, 0.15) is 0 Å². The van der Waals surface area contributed by atoms with Crippen LogP contribution in [0, 0.1) is 5.41 Å². The number of anilines is 2. The SMILES string of the molecule is CC(C)c1cnn2c3nc(nc12)NCC1(CCCCc2ccccc2CN3)CNC1. The zero-order chi connectivity index (χ0) is 20.6. The van der Waals surface area contributed by atoms with Crippen LogP contribution in [0.3, 0.4) is 0 Å². The number of nitrogens with zero attached hydrogens (tertiary/aromatic N) is 4. The first-order valence-electron chi connectivity index (χ1n) is 11.1. The smallest absolute Gasteiger partial charge is 0.229 e. The molecule has 7 nitrogen and oxygen atoms in total. The van der Waals surface area contributed by atoms with Gasteiger partial charge >= 0.3 is 0 Å². The van der Waals surface area contributed by atoms with Gasteiger partial charge in [0.2, 0.25) is 11.9 Å². The largest absolute Gasteiger partial charge is 0.353 e. The third-order valence-electron chi connectivity index (χ3n) is 6.60. The number of aromatic nitrogens is 4. The lowest BCUT2D eigenvalue weighted by Crippen LogP contribution is -2.57. The number of hydrogen-bond acceptors (Lipinski definition) is 6. The van der Waals surface area contributed by atoms with Crippen LogP contribution in [0.4, 0.5) is 11.9 Å². The second-order valence-electron chi connectivity index (χ2n) is 9.15. The van der Waals surface area contributed by atoms with Crippen LogP contribution < -0.4 is 16.0 Å². The minimum absolute atomic E-state index is 0.299. The van der Waals surface area contributed by atoms with Gasteiger partial charge in [-0.2, -0.15) is 19.6 Å². The Labute approximate surface area is 177 Å². The fraction of sp³-hybridized carbons (Fsp3) is 0.522. The molecule has 7 heteroatoms. The maximum atomic E-state index is 4.84. The van der Waals surface area contributed by atoms with Crippen molar-refractivity contribution in [1.29, 1.82) is 0 Å². The summed E-state index contributed by atoms with van der Waals surface area (Å²) in [6, 6.07) is 8.74. The Morgan fingerprint density at radius 1 is 1.00 bits per heavy atom. The van der Waals surface area contributed by atoms with Gasteiger partial charge in [0.15, 0.2) is 5.65 Å². The van der Waals surface area contributed by atoms with E-state index in [-0.39, 0.29) is 0 Å². The van der Waals surface area contributed by atoms with Gasteiger partial charge in [-0.1, -0.05) is 44.5 Å². The number of nitrogens with one attached hydrogen (secondary N) is 3. The molecule has 0 aliphatic carbocycles. The summed E-state index contributed by atoms with van der Waals surface area (Å²) in [6.45, 7) is 8.11. The minimum atomic E-state index is 0.299. The molecule has 2 aromatic heterocycles. The Hall–Kier alpha value is -2.67. The lowest BCUT2D eigenvalue weighted by molar-refractivity contribution is 0.164. The van der Waals surface area contributed by atoms with E-state index < -0.39 is 0 Å². The molecule has 3 N–H and O–H groups in total. The van der Waals surface area contributed by atoms with Gasteiger partial charge in [-0.3, -0.25) is 0 Å². The number of benzene rings is 1. The van der Waals surface area contributed by atoms with Gasteiger partial charge < -0.3 is 16.0 Å². The molecule has 5 rings (SSSR count). The van der Waals surface area contributed by atoms with Gasteiger partial charge in [0.25, 0.3) is 0 Å². The maximum Gasteiger partial charge on any atom is 0.229 e. The quantitative estimate of drug-likeness (QED) is 0.574. The van der Waals surface area contributed by atoms with Crippen molar-refractivity contribution < 1.29 is 0 Å². The maximum absolute atomic E-state index is 4.84. The van der Waals surface area contributed by atoms with Crippen LogP contribution in [0.15, 0.2) is 30.5 Å². The summed E-state index contributed by atoms with van der Waals surface area (Å²) >= 11 is 0. The van der Waals surface area contributed by atoms with Crippen LogP contribution in [0.2, 0.25) is 0 Å². The molecule has 2 aliphatic rings. The van der Waals surface area contributed by atoms with Crippen molar-refractivity contribution in [2.45, 2.75) is 52.0 Å². The standard InChI is InChI=1S/C23H31N7/c1-16(2)19-12-27-30-20(19)28-21-26-15-23(13-24-14-23)10-6-5-8-17-7-3-4-9-18(17)11-25-22(30)29-21/h3-4,7,9,12,16,24H,5-6,8,10-11,13-15H2,1-2H3,(H2,25,26,28,29). The van der Waals surface area contributed by atoms with Crippen molar-refractivity contribution >= 4 is 17.5 Å². The van der Waals surface area contributed by atoms with E-state index >= 15 is 0 Å². The lowest BCUT2D eigenvalue weighted by Gasteiger charge is -2.43. The highest BCUT2D eigenvalue weighted by Gasteiger charge is 2.36. The molecule has 3 aromatic rings. The molecule has 158 valence electrons. The van der Waals surface area contributed by atoms with Gasteiger partial charge in [0.05, 0.1) is 6.20 Å². The topological polar surface area (TPSA) is 79.2 Å². The average molecular weight is 406 g/mol. The van der Waals surface area contributed by atoms with E-state index in [2.05, 4.69) is 59.2 Å². The third kappa shape index (κ3) is 3.62. The zero-order valence-electron chi connectivity index (χ0n) is 17.9. The summed E-state index contributed by atoms with van der Waals surface area (Å²) in [5.74, 6) is 1.78. The molecule has 1 spiro atoms. The van der Waals surface area contributed by atoms with Gasteiger partial charge in [0, 0.05) is 37.2 Å². The number of hydrogen-bond donors (Lipinski definition) is 3. The summed E-state index contributed by atoms with van der Waals surface area (Å²) in [7, 11) is 0. The van der Waals surface area contributed by atoms with Crippen molar-refractivity contribution in [2.75, 3.05) is 30.3 Å². The highest BCUT2D eigenvalue weighted by Crippen LogP contribution is 2.31. The van der Waals surface area contributed by atoms with E-state index in [0.29, 0.717) is 17.3 Å². The van der Waals surface area contributed by atoms with Crippen molar-refractivity contribution in [2.24, 2.45) is 5.41 Å². The number of fused-ring (bicyclic) bond motifs is 5. The number of aryl methyl sites for hydroxylation is 1. The van der Waals surface area contributed by atoms with E-state index in [1.54, 1.807) is 0 Å². The van der Waals surface area contributed by atoms with E-state index in [1.807, 2.05) is 10.7 Å². The predicted molar refractivity (Wildman–Crippen MR) is 120 cm³/mol. The lowest BCUT2D eigenvalue weighted by atomic mass is 9.77. The molecular formula is C23H31N7. The van der Waals surface area contributed by atoms with Gasteiger partial charge in [-0.15, -0.1) is 0 Å². The average Bonchev–Trinajstić information content (AvgIpc) is 3.15. The zero-order valence-corrected chi connectivity index (χ0v) is 17.9. The first-order valence-corrected chi connectivity index (χ1v) is 11.1. The van der Waals surface area contributed by atoms with E-state index in [4.69, 9.17) is 9.97 Å². The summed E-state index contributed by atoms with van der Waals surface area (Å²) in [5.41, 5.74) is 5.08. The molecular weight excluding hydrogens is 374 g/mol. The van der Waals surface area contributed by atoms with Crippen molar-refractivity contribution in [3.05, 3.63) is 47.2 Å². The van der Waals surface area contributed by atoms with Crippen LogP contribution in [-0.2, 0) is 13.0 Å². The molecule has 2 aliphatic heterocycles. The van der Waals surface area contributed by atoms with Crippen LogP contribution in [-0.4, -0.2) is 39.2 Å². The first kappa shape index (κ1) is 19.3. The molecule has 0 saturated carbocycles. The van der Waals surface area contributed by atoms with Gasteiger partial charge in [-0.25, -0.2) is 0 Å². The fourth-order valence-corrected chi connectivity index (χ4v) is 4.59. The fourth-order valence-electron chi connectivity index (χ4n) is 4.59. The second-order valence-corrected chi connectivity index (χ2v) is 9.15. The molecule has 0 radical (unpaired) electrons. The summed E-state index contributed by atoms with van der Waals surface area (Å²) < 4.78 is 1.84. The van der Waals surface area contributed by atoms with Crippen LogP contribution in [0.5, 0.6) is 0 Å². The summed E-state index contributed by atoms with van der Waals surface area (Å²) in [5, 5.41) is 15.2. The van der Waals surface area contributed by atoms with E-state index in [9.17, 15) is 0 Å². The molecule has 2 bridgehead atoms. The second kappa shape index (κ2) is 7.87. The van der Waals surface area contributed by atoms with E-state index in [0.717, 1.165) is 49.8 Å². The first-order chi connectivity index (χ1) is 14.6. The normalized spacial score (nSPS) is 18.9. The Morgan fingerprint density at radius 2 is 1.83 bits per heavy atom. The molecule has 30 heavy (non-hydrogen) atoms. The van der Waals surface area contributed by atoms with Crippen LogP contribution in [0.25, 0.3) is 5.65 Å². The summed E-state index contributed by atoms with van der Waals surface area (Å²) in [6.07, 6.45) is 6.74. The van der Waals surface area contributed by atoms with Crippen molar-refractivity contribution in [1.82, 2.24) is 24.9 Å². The Balaban J connectivity index is 1.55.